The molecule has 1 heteroatoms. The van der Waals surface area contributed by atoms with Gasteiger partial charge >= 0.3 is 0 Å². The first-order valence-electron chi connectivity index (χ1n) is 4.17. The smallest absolute Gasteiger partial charge is 0.00234 e. The summed E-state index contributed by atoms with van der Waals surface area (Å²) in [6.07, 6.45) is 6.47. The van der Waals surface area contributed by atoms with Crippen molar-refractivity contribution in [1.29, 1.82) is 0 Å². The van der Waals surface area contributed by atoms with Crippen molar-refractivity contribution in [2.75, 3.05) is 13.1 Å². The number of nitrogens with one attached hydrogen (secondary N) is 1. The second-order valence-corrected chi connectivity index (χ2v) is 3.87. The van der Waals surface area contributed by atoms with Crippen LogP contribution in [0.4, 0.5) is 0 Å². The third-order valence-corrected chi connectivity index (χ3v) is 2.82. The molecule has 0 unspecified atom stereocenters. The zero-order valence-corrected chi connectivity index (χ0v) is 6.61. The van der Waals surface area contributed by atoms with Crippen molar-refractivity contribution in [1.82, 2.24) is 5.32 Å². The van der Waals surface area contributed by atoms with Gasteiger partial charge < -0.3 is 5.32 Å². The molecule has 1 nitrogen and oxygen atoms in total. The summed E-state index contributed by atoms with van der Waals surface area (Å²) in [5.74, 6) is 0. The summed E-state index contributed by atoms with van der Waals surface area (Å²) in [5, 5.41) is 3.36. The van der Waals surface area contributed by atoms with Crippen LogP contribution in [0.2, 0.25) is 0 Å². The maximum atomic E-state index is 3.36. The first kappa shape index (κ1) is 6.41. The van der Waals surface area contributed by atoms with Gasteiger partial charge in [-0.05, 0) is 31.6 Å². The van der Waals surface area contributed by atoms with Crippen molar-refractivity contribution in [3.05, 3.63) is 11.6 Å². The Kier molecular flexibility index (Phi) is 1.34. The van der Waals surface area contributed by atoms with Gasteiger partial charge in [-0.25, -0.2) is 0 Å². The average Bonchev–Trinajstić information content (AvgIpc) is 1.85. The minimum Gasteiger partial charge on any atom is -0.316 e. The van der Waals surface area contributed by atoms with E-state index in [9.17, 15) is 0 Å². The monoisotopic (exact) mass is 137 g/mol. The Labute approximate surface area is 62.5 Å². The summed E-state index contributed by atoms with van der Waals surface area (Å²) in [5.41, 5.74) is 2.30. The van der Waals surface area contributed by atoms with E-state index in [1.165, 1.54) is 32.4 Å². The summed E-state index contributed by atoms with van der Waals surface area (Å²) < 4.78 is 0. The maximum Gasteiger partial charge on any atom is 0.00234 e. The molecule has 1 aliphatic carbocycles. The lowest BCUT2D eigenvalue weighted by Crippen LogP contribution is -2.54. The van der Waals surface area contributed by atoms with Crippen LogP contribution in [-0.2, 0) is 0 Å². The van der Waals surface area contributed by atoms with Crippen LogP contribution in [0.15, 0.2) is 11.6 Å². The van der Waals surface area contributed by atoms with Crippen LogP contribution in [0, 0.1) is 5.41 Å². The molecule has 1 aliphatic heterocycles. The van der Waals surface area contributed by atoms with Crippen LogP contribution in [0.25, 0.3) is 0 Å². The largest absolute Gasteiger partial charge is 0.316 e. The van der Waals surface area contributed by atoms with E-state index >= 15 is 0 Å². The summed E-state index contributed by atoms with van der Waals surface area (Å²) >= 11 is 0. The molecule has 0 amide bonds. The molecule has 0 radical (unpaired) electrons. The van der Waals surface area contributed by atoms with Gasteiger partial charge in [0.1, 0.15) is 0 Å². The number of hydrogen-bond acceptors (Lipinski definition) is 1. The molecular weight excluding hydrogens is 122 g/mol. The van der Waals surface area contributed by atoms with Crippen molar-refractivity contribution >= 4 is 0 Å². The highest BCUT2D eigenvalue weighted by molar-refractivity contribution is 5.11. The van der Waals surface area contributed by atoms with Crippen molar-refractivity contribution in [2.45, 2.75) is 26.2 Å². The molecular formula is C9H15N. The lowest BCUT2D eigenvalue weighted by Gasteiger charge is -2.45. The van der Waals surface area contributed by atoms with Gasteiger partial charge in [0.05, 0.1) is 0 Å². The number of rotatable bonds is 0. The van der Waals surface area contributed by atoms with Gasteiger partial charge in [-0.2, -0.15) is 0 Å². The zero-order valence-electron chi connectivity index (χ0n) is 6.61. The standard InChI is InChI=1S/C9H15N/c1-8-3-2-4-9(5-8)6-10-7-9/h3,10H,2,4-7H2,1H3. The average molecular weight is 137 g/mol. The molecule has 10 heavy (non-hydrogen) atoms. The van der Waals surface area contributed by atoms with Crippen LogP contribution in [0.3, 0.4) is 0 Å². The van der Waals surface area contributed by atoms with Gasteiger partial charge in [0.15, 0.2) is 0 Å². The van der Waals surface area contributed by atoms with Crippen LogP contribution >= 0.6 is 0 Å². The molecule has 1 saturated heterocycles. The summed E-state index contributed by atoms with van der Waals surface area (Å²) in [6.45, 7) is 4.79. The first-order valence-corrected chi connectivity index (χ1v) is 4.17. The molecule has 2 rings (SSSR count). The molecule has 0 saturated carbocycles. The predicted octanol–water partition coefficient (Wildman–Crippen LogP) is 1.71. The van der Waals surface area contributed by atoms with E-state index in [0.29, 0.717) is 5.41 Å². The van der Waals surface area contributed by atoms with E-state index in [0.717, 1.165) is 0 Å². The van der Waals surface area contributed by atoms with Crippen LogP contribution in [-0.4, -0.2) is 13.1 Å². The van der Waals surface area contributed by atoms with E-state index in [1.807, 2.05) is 0 Å². The molecule has 1 fully saturated rings. The van der Waals surface area contributed by atoms with Gasteiger partial charge in [-0.15, -0.1) is 0 Å². The Morgan fingerprint density at radius 1 is 1.50 bits per heavy atom. The highest BCUT2D eigenvalue weighted by atomic mass is 15.0. The third-order valence-electron chi connectivity index (χ3n) is 2.82. The fourth-order valence-corrected chi connectivity index (χ4v) is 2.16. The van der Waals surface area contributed by atoms with Crippen LogP contribution in [0.1, 0.15) is 26.2 Å². The number of allylic oxidation sites excluding steroid dienone is 2. The van der Waals surface area contributed by atoms with E-state index in [2.05, 4.69) is 18.3 Å². The van der Waals surface area contributed by atoms with Crippen LogP contribution in [0.5, 0.6) is 0 Å². The SMILES string of the molecule is CC1=CCCC2(CNC2)C1. The van der Waals surface area contributed by atoms with Crippen molar-refractivity contribution in [2.24, 2.45) is 5.41 Å². The van der Waals surface area contributed by atoms with Gasteiger partial charge in [0, 0.05) is 13.1 Å². The lowest BCUT2D eigenvalue weighted by atomic mass is 9.70. The highest BCUT2D eigenvalue weighted by Crippen LogP contribution is 2.38. The lowest BCUT2D eigenvalue weighted by molar-refractivity contribution is 0.146. The van der Waals surface area contributed by atoms with E-state index in [-0.39, 0.29) is 0 Å². The van der Waals surface area contributed by atoms with Gasteiger partial charge in [0.25, 0.3) is 0 Å². The Morgan fingerprint density at radius 2 is 2.30 bits per heavy atom. The molecule has 1 spiro atoms. The van der Waals surface area contributed by atoms with E-state index in [4.69, 9.17) is 0 Å². The van der Waals surface area contributed by atoms with Crippen molar-refractivity contribution < 1.29 is 0 Å². The van der Waals surface area contributed by atoms with E-state index in [1.54, 1.807) is 5.57 Å². The van der Waals surface area contributed by atoms with Gasteiger partial charge in [0.2, 0.25) is 0 Å². The Bertz CT molecular complexity index is 166. The summed E-state index contributed by atoms with van der Waals surface area (Å²) in [6, 6.07) is 0. The molecule has 1 N–H and O–H groups in total. The summed E-state index contributed by atoms with van der Waals surface area (Å²) in [4.78, 5) is 0. The molecule has 56 valence electrons. The molecule has 0 aromatic carbocycles. The Morgan fingerprint density at radius 3 is 2.70 bits per heavy atom. The quantitative estimate of drug-likeness (QED) is 0.501. The minimum atomic E-state index is 0.693. The van der Waals surface area contributed by atoms with Crippen molar-refractivity contribution in [3.63, 3.8) is 0 Å². The highest BCUT2D eigenvalue weighted by Gasteiger charge is 2.37. The van der Waals surface area contributed by atoms with Gasteiger partial charge in [-0.1, -0.05) is 11.6 Å². The molecule has 0 aromatic heterocycles. The molecule has 1 heterocycles. The Hall–Kier alpha value is -0.300. The molecule has 0 aromatic rings. The molecule has 0 atom stereocenters. The molecule has 2 aliphatic rings. The third kappa shape index (κ3) is 0.891. The second kappa shape index (κ2) is 2.09. The fourth-order valence-electron chi connectivity index (χ4n) is 2.16. The van der Waals surface area contributed by atoms with E-state index < -0.39 is 0 Å². The summed E-state index contributed by atoms with van der Waals surface area (Å²) in [7, 11) is 0. The zero-order chi connectivity index (χ0) is 7.03. The first-order chi connectivity index (χ1) is 4.81. The van der Waals surface area contributed by atoms with Crippen LogP contribution < -0.4 is 5.32 Å². The maximum absolute atomic E-state index is 3.36. The second-order valence-electron chi connectivity index (χ2n) is 3.87. The van der Waals surface area contributed by atoms with Gasteiger partial charge in [-0.3, -0.25) is 0 Å². The topological polar surface area (TPSA) is 12.0 Å². The minimum absolute atomic E-state index is 0.693. The molecule has 0 bridgehead atoms. The fraction of sp³-hybridized carbons (Fsp3) is 0.778. The normalized spacial score (nSPS) is 29.5. The predicted molar refractivity (Wildman–Crippen MR) is 42.9 cm³/mol. The Balaban J connectivity index is 2.07. The van der Waals surface area contributed by atoms with Crippen molar-refractivity contribution in [3.8, 4) is 0 Å². The number of hydrogen-bond donors (Lipinski definition) is 1.